The van der Waals surface area contributed by atoms with Gasteiger partial charge in [-0.25, -0.2) is 0 Å². The van der Waals surface area contributed by atoms with Crippen molar-refractivity contribution >= 4 is 73.8 Å². The lowest BCUT2D eigenvalue weighted by atomic mass is 9.99. The van der Waals surface area contributed by atoms with Gasteiger partial charge < -0.3 is 14.4 Å². The summed E-state index contributed by atoms with van der Waals surface area (Å²) < 4.78 is 2.43. The smallest absolute Gasteiger partial charge is 0.0683 e. The maximum atomic E-state index is 2.51. The van der Waals surface area contributed by atoms with Crippen molar-refractivity contribution < 1.29 is 0 Å². The molecule has 2 atom stereocenters. The Balaban J connectivity index is 0.903. The first-order chi connectivity index (χ1) is 32.2. The van der Waals surface area contributed by atoms with Gasteiger partial charge in [-0.3, -0.25) is 0 Å². The van der Waals surface area contributed by atoms with E-state index < -0.39 is 0 Å². The lowest BCUT2D eigenvalue weighted by Crippen LogP contribution is -2.40. The molecule has 0 amide bonds. The summed E-state index contributed by atoms with van der Waals surface area (Å²) in [7, 11) is 0. The molecule has 3 nitrogen and oxygen atoms in total. The van der Waals surface area contributed by atoms with Crippen molar-refractivity contribution in [3.63, 3.8) is 0 Å². The van der Waals surface area contributed by atoms with E-state index in [0.717, 1.165) is 11.4 Å². The molecule has 0 radical (unpaired) electrons. The number of benzene rings is 9. The van der Waals surface area contributed by atoms with Gasteiger partial charge in [-0.05, 0) is 130 Å². The third-order valence-electron chi connectivity index (χ3n) is 13.1. The average molecular weight is 868 g/mol. The van der Waals surface area contributed by atoms with E-state index in [1.807, 2.05) is 23.5 Å². The topological polar surface area (TPSA) is 11.4 Å². The summed E-state index contributed by atoms with van der Waals surface area (Å²) in [5.41, 5.74) is 16.8. The summed E-state index contributed by atoms with van der Waals surface area (Å²) in [6.45, 7) is 0. The summed E-state index contributed by atoms with van der Waals surface area (Å²) >= 11 is 3.80. The Morgan fingerprint density at radius 2 is 0.815 bits per heavy atom. The standard InChI is InChI=1S/C60H41N3S2/c1-2-12-40(13-3-1)41-22-30-46(31-23-41)61-51-36-28-44(42-24-32-47(33-25-42)62-53-14-4-8-18-57(53)64-58-19-9-5-15-54(58)62)38-49(51)50-39-45(29-37-52(50)61)43-26-34-48(35-27-43)63-55-16-6-10-20-59(55)65-60-21-11-7-17-56(60)63/h1-39,53,57H. The molecule has 308 valence electrons. The van der Waals surface area contributed by atoms with Gasteiger partial charge in [0.2, 0.25) is 0 Å². The molecule has 5 heteroatoms. The van der Waals surface area contributed by atoms with Crippen molar-refractivity contribution in [1.82, 2.24) is 4.57 Å². The number of hydrogen-bond donors (Lipinski definition) is 0. The number of aromatic nitrogens is 1. The molecule has 0 saturated heterocycles. The van der Waals surface area contributed by atoms with E-state index in [0.29, 0.717) is 5.25 Å². The zero-order chi connectivity index (χ0) is 42.8. The van der Waals surface area contributed by atoms with Crippen LogP contribution in [0.2, 0.25) is 0 Å². The monoisotopic (exact) mass is 867 g/mol. The summed E-state index contributed by atoms with van der Waals surface area (Å²) in [6.07, 6.45) is 9.05. The van der Waals surface area contributed by atoms with Crippen LogP contribution in [-0.2, 0) is 0 Å². The van der Waals surface area contributed by atoms with Crippen LogP contribution in [0.4, 0.5) is 28.4 Å². The van der Waals surface area contributed by atoms with Crippen LogP contribution >= 0.6 is 23.5 Å². The fraction of sp³-hybridized carbons (Fsp3) is 0.0333. The number of hydrogen-bond acceptors (Lipinski definition) is 4. The summed E-state index contributed by atoms with van der Waals surface area (Å²) in [6, 6.07) is 78.4. The second kappa shape index (κ2) is 15.7. The third-order valence-corrected chi connectivity index (χ3v) is 15.5. The Kier molecular flexibility index (Phi) is 9.17. The Labute approximate surface area is 387 Å². The molecule has 1 aromatic heterocycles. The van der Waals surface area contributed by atoms with E-state index in [4.69, 9.17) is 0 Å². The van der Waals surface area contributed by atoms with Crippen LogP contribution in [0.1, 0.15) is 0 Å². The number of nitrogens with zero attached hydrogens (tertiary/aromatic N) is 3. The van der Waals surface area contributed by atoms with Gasteiger partial charge in [0.25, 0.3) is 0 Å². The highest BCUT2D eigenvalue weighted by atomic mass is 32.2. The van der Waals surface area contributed by atoms with Crippen molar-refractivity contribution in [2.45, 2.75) is 26.0 Å². The van der Waals surface area contributed by atoms with Crippen LogP contribution in [-0.4, -0.2) is 15.9 Å². The number of thioether (sulfide) groups is 1. The van der Waals surface area contributed by atoms with Gasteiger partial charge in [0.15, 0.2) is 0 Å². The molecule has 0 spiro atoms. The molecule has 9 aromatic carbocycles. The van der Waals surface area contributed by atoms with Gasteiger partial charge in [-0.15, -0.1) is 11.8 Å². The number of para-hydroxylation sites is 3. The number of rotatable bonds is 6. The Morgan fingerprint density at radius 3 is 1.43 bits per heavy atom. The largest absolute Gasteiger partial charge is 0.332 e. The van der Waals surface area contributed by atoms with Gasteiger partial charge in [0, 0.05) is 42.5 Å². The van der Waals surface area contributed by atoms with E-state index in [2.05, 4.69) is 251 Å². The molecule has 3 aliphatic rings. The minimum atomic E-state index is 0.262. The van der Waals surface area contributed by atoms with Crippen molar-refractivity contribution in [3.05, 3.63) is 237 Å². The predicted octanol–water partition coefficient (Wildman–Crippen LogP) is 16.8. The van der Waals surface area contributed by atoms with Crippen LogP contribution in [0.5, 0.6) is 0 Å². The minimum absolute atomic E-state index is 0.262. The zero-order valence-electron chi connectivity index (χ0n) is 35.3. The molecule has 2 unspecified atom stereocenters. The van der Waals surface area contributed by atoms with Gasteiger partial charge >= 0.3 is 0 Å². The number of anilines is 5. The summed E-state index contributed by atoms with van der Waals surface area (Å²) in [5, 5.41) is 2.83. The van der Waals surface area contributed by atoms with Crippen LogP contribution in [0, 0.1) is 0 Å². The van der Waals surface area contributed by atoms with E-state index in [-0.39, 0.29) is 6.04 Å². The first-order valence-corrected chi connectivity index (χ1v) is 23.9. The van der Waals surface area contributed by atoms with E-state index in [1.54, 1.807) is 0 Å². The lowest BCUT2D eigenvalue weighted by molar-refractivity contribution is 0.778. The van der Waals surface area contributed by atoms with Crippen molar-refractivity contribution in [1.29, 1.82) is 0 Å². The molecule has 0 fully saturated rings. The van der Waals surface area contributed by atoms with E-state index in [9.17, 15) is 0 Å². The average Bonchev–Trinajstić information content (AvgIpc) is 3.70. The second-order valence-corrected chi connectivity index (χ2v) is 19.2. The zero-order valence-corrected chi connectivity index (χ0v) is 37.0. The summed E-state index contributed by atoms with van der Waals surface area (Å²) in [5.74, 6) is 0. The number of fused-ring (bicyclic) bond motifs is 7. The molecule has 0 saturated carbocycles. The van der Waals surface area contributed by atoms with Gasteiger partial charge in [0.05, 0.1) is 39.4 Å². The normalized spacial score (nSPS) is 16.0. The fourth-order valence-electron chi connectivity index (χ4n) is 9.99. The Bertz CT molecular complexity index is 3450. The molecule has 10 aromatic rings. The maximum absolute atomic E-state index is 2.51. The SMILES string of the molecule is C1=CC2Sc3ccccc3N(c3ccc(-c4ccc5c(c4)c4cc(-c6ccc(N7c8ccccc8Sc8ccccc87)cc6)ccc4n5-c4ccc(-c5ccccc5)cc4)cc3)C2C=C1. The van der Waals surface area contributed by atoms with Crippen LogP contribution in [0.3, 0.4) is 0 Å². The Morgan fingerprint density at radius 1 is 0.354 bits per heavy atom. The van der Waals surface area contributed by atoms with Gasteiger partial charge in [-0.2, -0.15) is 0 Å². The highest BCUT2D eigenvalue weighted by Crippen LogP contribution is 2.52. The first-order valence-electron chi connectivity index (χ1n) is 22.2. The van der Waals surface area contributed by atoms with Crippen molar-refractivity contribution in [2.75, 3.05) is 9.80 Å². The maximum Gasteiger partial charge on any atom is 0.0683 e. The quantitative estimate of drug-likeness (QED) is 0.165. The first kappa shape index (κ1) is 38.1. The molecule has 2 aliphatic heterocycles. The fourth-order valence-corrected chi connectivity index (χ4v) is 12.3. The molecule has 1 aliphatic carbocycles. The Hall–Kier alpha value is -7.44. The van der Waals surface area contributed by atoms with Crippen molar-refractivity contribution in [3.8, 4) is 39.1 Å². The number of allylic oxidation sites excluding steroid dienone is 2. The van der Waals surface area contributed by atoms with Gasteiger partial charge in [0.1, 0.15) is 0 Å². The predicted molar refractivity (Wildman–Crippen MR) is 276 cm³/mol. The van der Waals surface area contributed by atoms with Gasteiger partial charge in [-0.1, -0.05) is 151 Å². The van der Waals surface area contributed by atoms with Crippen molar-refractivity contribution in [2.24, 2.45) is 0 Å². The summed E-state index contributed by atoms with van der Waals surface area (Å²) in [4.78, 5) is 8.76. The van der Waals surface area contributed by atoms with E-state index in [1.165, 1.54) is 92.6 Å². The second-order valence-electron chi connectivity index (χ2n) is 16.9. The molecule has 13 rings (SSSR count). The molecule has 0 bridgehead atoms. The van der Waals surface area contributed by atoms with Crippen LogP contribution in [0.15, 0.2) is 251 Å². The third kappa shape index (κ3) is 6.53. The lowest BCUT2D eigenvalue weighted by Gasteiger charge is -2.42. The van der Waals surface area contributed by atoms with Crippen LogP contribution < -0.4 is 9.80 Å². The van der Waals surface area contributed by atoms with E-state index >= 15 is 0 Å². The van der Waals surface area contributed by atoms with Crippen LogP contribution in [0.25, 0.3) is 60.9 Å². The molecular weight excluding hydrogens is 827 g/mol. The molecular formula is C60H41N3S2. The molecule has 3 heterocycles. The highest BCUT2D eigenvalue weighted by Gasteiger charge is 2.34. The highest BCUT2D eigenvalue weighted by molar-refractivity contribution is 8.00. The minimum Gasteiger partial charge on any atom is -0.332 e. The molecule has 65 heavy (non-hydrogen) atoms. The molecule has 0 N–H and O–H groups in total.